The van der Waals surface area contributed by atoms with E-state index in [9.17, 15) is 9.59 Å². The Morgan fingerprint density at radius 2 is 1.91 bits per heavy atom. The van der Waals surface area contributed by atoms with Crippen LogP contribution >= 0.6 is 0 Å². The molecule has 1 atom stereocenters. The van der Waals surface area contributed by atoms with E-state index in [0.29, 0.717) is 24.0 Å². The van der Waals surface area contributed by atoms with Crippen molar-refractivity contribution < 1.29 is 14.3 Å². The lowest BCUT2D eigenvalue weighted by molar-refractivity contribution is 0.0934. The molecule has 0 spiro atoms. The number of nitrogens with zero attached hydrogens (tertiary/aromatic N) is 1. The van der Waals surface area contributed by atoms with Crippen molar-refractivity contribution in [3.8, 4) is 0 Å². The number of pyridine rings is 1. The van der Waals surface area contributed by atoms with Gasteiger partial charge in [0.2, 0.25) is 5.43 Å². The zero-order valence-electron chi connectivity index (χ0n) is 20.1. The molecule has 2 aromatic rings. The van der Waals surface area contributed by atoms with Gasteiger partial charge >= 0.3 is 0 Å². The van der Waals surface area contributed by atoms with E-state index in [1.165, 1.54) is 12.5 Å². The van der Waals surface area contributed by atoms with Gasteiger partial charge in [-0.3, -0.25) is 9.59 Å². The minimum Gasteiger partial charge on any atom is -0.396 e. The van der Waals surface area contributed by atoms with Crippen LogP contribution in [0.25, 0.3) is 10.9 Å². The van der Waals surface area contributed by atoms with Crippen molar-refractivity contribution >= 4 is 22.5 Å². The van der Waals surface area contributed by atoms with E-state index in [1.807, 2.05) is 11.5 Å². The molecule has 1 aromatic heterocycles. The first kappa shape index (κ1) is 25.2. The molecule has 1 heterocycles. The van der Waals surface area contributed by atoms with Crippen molar-refractivity contribution in [1.29, 1.82) is 0 Å². The first-order valence-electron chi connectivity index (χ1n) is 12.5. The number of hydrogen-bond donors (Lipinski definition) is 3. The predicted octanol–water partition coefficient (Wildman–Crippen LogP) is 5.14. The fraction of sp³-hybridized carbons (Fsp3) is 0.615. The van der Waals surface area contributed by atoms with E-state index in [-0.39, 0.29) is 35.7 Å². The Hall–Kier alpha value is -2.41. The summed E-state index contributed by atoms with van der Waals surface area (Å²) in [4.78, 5) is 26.2. The maximum Gasteiger partial charge on any atom is 0.256 e. The van der Waals surface area contributed by atoms with Gasteiger partial charge in [-0.15, -0.1) is 0 Å². The molecule has 6 nitrogen and oxygen atoms in total. The number of aromatic nitrogens is 1. The molecule has 0 saturated heterocycles. The molecule has 3 rings (SSSR count). The van der Waals surface area contributed by atoms with Gasteiger partial charge in [-0.25, -0.2) is 4.39 Å². The van der Waals surface area contributed by atoms with Crippen LogP contribution in [-0.4, -0.2) is 34.3 Å². The highest BCUT2D eigenvalue weighted by Crippen LogP contribution is 2.29. The van der Waals surface area contributed by atoms with Gasteiger partial charge in [0.05, 0.1) is 11.2 Å². The van der Waals surface area contributed by atoms with Crippen molar-refractivity contribution in [1.82, 2.24) is 9.88 Å². The first-order chi connectivity index (χ1) is 15.9. The predicted molar refractivity (Wildman–Crippen MR) is 132 cm³/mol. The number of nitrogens with one attached hydrogen (secondary N) is 2. The Labute approximate surface area is 195 Å². The van der Waals surface area contributed by atoms with Crippen molar-refractivity contribution in [3.05, 3.63) is 39.9 Å². The molecule has 33 heavy (non-hydrogen) atoms. The topological polar surface area (TPSA) is 83.4 Å². The number of rotatable bonds is 10. The van der Waals surface area contributed by atoms with E-state index in [1.54, 1.807) is 12.3 Å². The van der Waals surface area contributed by atoms with Gasteiger partial charge in [-0.2, -0.15) is 0 Å². The van der Waals surface area contributed by atoms with Crippen molar-refractivity contribution in [2.24, 2.45) is 0 Å². The van der Waals surface area contributed by atoms with Crippen molar-refractivity contribution in [2.45, 2.75) is 96.7 Å². The summed E-state index contributed by atoms with van der Waals surface area (Å²) in [6.07, 6.45) is 10.0. The van der Waals surface area contributed by atoms with Crippen LogP contribution in [0.15, 0.2) is 23.1 Å². The van der Waals surface area contributed by atoms with E-state index in [2.05, 4.69) is 24.5 Å². The monoisotopic (exact) mass is 459 g/mol. The third kappa shape index (κ3) is 5.94. The van der Waals surface area contributed by atoms with Gasteiger partial charge in [0, 0.05) is 36.3 Å². The largest absolute Gasteiger partial charge is 0.396 e. The minimum absolute atomic E-state index is 0.0256. The van der Waals surface area contributed by atoms with Crippen LogP contribution in [0.2, 0.25) is 0 Å². The molecule has 1 saturated carbocycles. The molecule has 182 valence electrons. The standard InChI is InChI=1S/C26H38FN3O3/c1-4-19(5-2)30-16-21(26(33)28-17(3)10-9-13-31)25(32)20-14-22(27)23(15-24(20)30)29-18-11-7-6-8-12-18/h14-19,29,31H,4-13H2,1-3H3,(H,28,33)/t17-/m1/s1. The molecular formula is C26H38FN3O3. The normalized spacial score (nSPS) is 15.7. The molecule has 1 aromatic carbocycles. The second kappa shape index (κ2) is 11.6. The summed E-state index contributed by atoms with van der Waals surface area (Å²) in [5, 5.41) is 15.5. The Kier molecular flexibility index (Phi) is 8.89. The average molecular weight is 460 g/mol. The third-order valence-electron chi connectivity index (χ3n) is 6.84. The zero-order chi connectivity index (χ0) is 24.0. The van der Waals surface area contributed by atoms with Crippen LogP contribution in [0.1, 0.15) is 95.0 Å². The molecule has 0 unspecified atom stereocenters. The number of carbonyl (C=O) groups is 1. The molecule has 7 heteroatoms. The van der Waals surface area contributed by atoms with Crippen LogP contribution in [0.5, 0.6) is 0 Å². The van der Waals surface area contributed by atoms with Crippen LogP contribution in [0.3, 0.4) is 0 Å². The van der Waals surface area contributed by atoms with E-state index < -0.39 is 17.2 Å². The summed E-state index contributed by atoms with van der Waals surface area (Å²) >= 11 is 0. The first-order valence-corrected chi connectivity index (χ1v) is 12.5. The van der Waals surface area contributed by atoms with Crippen LogP contribution in [0.4, 0.5) is 10.1 Å². The molecule has 0 bridgehead atoms. The van der Waals surface area contributed by atoms with Gasteiger partial charge in [-0.1, -0.05) is 33.1 Å². The zero-order valence-corrected chi connectivity index (χ0v) is 20.1. The molecule has 0 radical (unpaired) electrons. The Morgan fingerprint density at radius 3 is 2.55 bits per heavy atom. The van der Waals surface area contributed by atoms with Gasteiger partial charge in [0.15, 0.2) is 0 Å². The smallest absolute Gasteiger partial charge is 0.256 e. The average Bonchev–Trinajstić information content (AvgIpc) is 2.81. The SMILES string of the molecule is CCC(CC)n1cc(C(=O)N[C@H](C)CCCO)c(=O)c2cc(F)c(NC3CCCCC3)cc21. The van der Waals surface area contributed by atoms with Gasteiger partial charge < -0.3 is 20.3 Å². The summed E-state index contributed by atoms with van der Waals surface area (Å²) < 4.78 is 17.1. The minimum atomic E-state index is -0.463. The number of benzene rings is 1. The molecule has 1 fully saturated rings. The second-order valence-corrected chi connectivity index (χ2v) is 9.32. The second-order valence-electron chi connectivity index (χ2n) is 9.32. The molecule has 3 N–H and O–H groups in total. The number of carbonyl (C=O) groups excluding carboxylic acids is 1. The number of amides is 1. The third-order valence-corrected chi connectivity index (χ3v) is 6.84. The lowest BCUT2D eigenvalue weighted by Crippen LogP contribution is -2.36. The quantitative estimate of drug-likeness (QED) is 0.460. The molecular weight excluding hydrogens is 421 g/mol. The highest BCUT2D eigenvalue weighted by atomic mass is 19.1. The van der Waals surface area contributed by atoms with E-state index in [0.717, 1.165) is 38.5 Å². The Bertz CT molecular complexity index is 1010. The highest BCUT2D eigenvalue weighted by Gasteiger charge is 2.22. The van der Waals surface area contributed by atoms with Crippen molar-refractivity contribution in [3.63, 3.8) is 0 Å². The Balaban J connectivity index is 2.05. The van der Waals surface area contributed by atoms with Crippen LogP contribution < -0.4 is 16.1 Å². The summed E-state index contributed by atoms with van der Waals surface area (Å²) in [6.45, 7) is 6.03. The lowest BCUT2D eigenvalue weighted by atomic mass is 9.95. The van der Waals surface area contributed by atoms with Gasteiger partial charge in [-0.05, 0) is 57.6 Å². The number of halogens is 1. The number of aliphatic hydroxyl groups is 1. The van der Waals surface area contributed by atoms with Gasteiger partial charge in [0.25, 0.3) is 5.91 Å². The van der Waals surface area contributed by atoms with Crippen molar-refractivity contribution in [2.75, 3.05) is 11.9 Å². The number of anilines is 1. The molecule has 1 amide bonds. The molecule has 0 aliphatic heterocycles. The molecule has 1 aliphatic carbocycles. The maximum atomic E-state index is 15.1. The van der Waals surface area contributed by atoms with Gasteiger partial charge in [0.1, 0.15) is 11.4 Å². The number of fused-ring (bicyclic) bond motifs is 1. The molecule has 1 aliphatic rings. The summed E-state index contributed by atoms with van der Waals surface area (Å²) in [6, 6.07) is 3.17. The highest BCUT2D eigenvalue weighted by molar-refractivity contribution is 5.98. The fourth-order valence-corrected chi connectivity index (χ4v) is 4.86. The summed E-state index contributed by atoms with van der Waals surface area (Å²) in [7, 11) is 0. The number of aliphatic hydroxyl groups excluding tert-OH is 1. The maximum absolute atomic E-state index is 15.1. The van der Waals surface area contributed by atoms with E-state index >= 15 is 4.39 Å². The van der Waals surface area contributed by atoms with Crippen LogP contribution in [0, 0.1) is 5.82 Å². The number of hydrogen-bond acceptors (Lipinski definition) is 4. The lowest BCUT2D eigenvalue weighted by Gasteiger charge is -2.26. The van der Waals surface area contributed by atoms with E-state index in [4.69, 9.17) is 5.11 Å². The summed E-state index contributed by atoms with van der Waals surface area (Å²) in [5.41, 5.74) is 0.640. The summed E-state index contributed by atoms with van der Waals surface area (Å²) in [5.74, 6) is -0.924. The Morgan fingerprint density at radius 1 is 1.21 bits per heavy atom. The fourth-order valence-electron chi connectivity index (χ4n) is 4.86. The van der Waals surface area contributed by atoms with Crippen LogP contribution in [-0.2, 0) is 0 Å².